The third-order valence-corrected chi connectivity index (χ3v) is 5.25. The Labute approximate surface area is 149 Å². The highest BCUT2D eigenvalue weighted by Gasteiger charge is 2.36. The van der Waals surface area contributed by atoms with Crippen molar-refractivity contribution in [3.63, 3.8) is 0 Å². The number of para-hydroxylation sites is 1. The smallest absolute Gasteiger partial charge is 0.143 e. The van der Waals surface area contributed by atoms with E-state index in [-0.39, 0.29) is 5.75 Å². The number of rotatable bonds is 2. The third-order valence-electron chi connectivity index (χ3n) is 5.25. The van der Waals surface area contributed by atoms with E-state index in [9.17, 15) is 5.11 Å². The Morgan fingerprint density at radius 3 is 2.81 bits per heavy atom. The second kappa shape index (κ2) is 5.43. The molecule has 132 valence electrons. The molecule has 26 heavy (non-hydrogen) atoms. The zero-order valence-electron chi connectivity index (χ0n) is 14.1. The third kappa shape index (κ3) is 2.22. The van der Waals surface area contributed by atoms with E-state index in [0.29, 0.717) is 5.52 Å². The molecule has 0 bridgehead atoms. The molecular weight excluding hydrogens is 330 g/mol. The Bertz CT molecular complexity index is 1090. The Balaban J connectivity index is 1.43. The predicted molar refractivity (Wildman–Crippen MR) is 99.0 cm³/mol. The van der Waals surface area contributed by atoms with Gasteiger partial charge in [0.2, 0.25) is 0 Å². The van der Waals surface area contributed by atoms with Crippen LogP contribution in [0, 0.1) is 0 Å². The maximum Gasteiger partial charge on any atom is 0.143 e. The van der Waals surface area contributed by atoms with Gasteiger partial charge in [-0.05, 0) is 31.0 Å². The lowest BCUT2D eigenvalue weighted by molar-refractivity contribution is 0.326. The zero-order chi connectivity index (χ0) is 17.7. The highest BCUT2D eigenvalue weighted by atomic mass is 16.3. The van der Waals surface area contributed by atoms with Crippen molar-refractivity contribution in [3.8, 4) is 5.75 Å². The van der Waals surface area contributed by atoms with Crippen LogP contribution >= 0.6 is 0 Å². The van der Waals surface area contributed by atoms with Crippen molar-refractivity contribution in [1.82, 2.24) is 24.9 Å². The van der Waals surface area contributed by atoms with Gasteiger partial charge < -0.3 is 25.7 Å². The van der Waals surface area contributed by atoms with Gasteiger partial charge in [0.15, 0.2) is 0 Å². The van der Waals surface area contributed by atoms with Crippen molar-refractivity contribution >= 4 is 27.9 Å². The van der Waals surface area contributed by atoms with Gasteiger partial charge in [0.25, 0.3) is 0 Å². The number of aromatic amines is 2. The standard InChI is InChI=1S/C18H19N7O/c19-18(17-23-12-2-1-3-13(26)14(12)24-17)5-8-25(9-6-18)16-11-4-7-20-15(11)21-10-22-16/h1-4,7,10,26H,5-6,8-9,19H2,(H,23,24)(H,20,21,22). The molecule has 0 radical (unpaired) electrons. The highest BCUT2D eigenvalue weighted by molar-refractivity contribution is 5.87. The van der Waals surface area contributed by atoms with Crippen LogP contribution in [0.25, 0.3) is 22.1 Å². The Hall–Kier alpha value is -3.13. The Morgan fingerprint density at radius 1 is 1.15 bits per heavy atom. The number of piperidine rings is 1. The fourth-order valence-electron chi connectivity index (χ4n) is 3.72. The molecule has 1 aromatic carbocycles. The van der Waals surface area contributed by atoms with E-state index in [1.54, 1.807) is 18.5 Å². The summed E-state index contributed by atoms with van der Waals surface area (Å²) in [5.41, 5.74) is 8.35. The number of anilines is 1. The van der Waals surface area contributed by atoms with Crippen LogP contribution in [0.2, 0.25) is 0 Å². The average molecular weight is 349 g/mol. The monoisotopic (exact) mass is 349 g/mol. The molecule has 1 aliphatic rings. The normalized spacial score (nSPS) is 17.2. The van der Waals surface area contributed by atoms with Gasteiger partial charge in [-0.1, -0.05) is 6.07 Å². The van der Waals surface area contributed by atoms with Crippen molar-refractivity contribution in [1.29, 1.82) is 0 Å². The largest absolute Gasteiger partial charge is 0.506 e. The van der Waals surface area contributed by atoms with Crippen LogP contribution in [0.4, 0.5) is 5.82 Å². The highest BCUT2D eigenvalue weighted by Crippen LogP contribution is 2.34. The number of hydrogen-bond acceptors (Lipinski definition) is 6. The summed E-state index contributed by atoms with van der Waals surface area (Å²) in [5, 5.41) is 11.0. The number of phenols is 1. The number of phenolic OH excluding ortho intramolecular Hbond substituents is 1. The molecular formula is C18H19N7O. The van der Waals surface area contributed by atoms with Crippen molar-refractivity contribution in [2.45, 2.75) is 18.4 Å². The quantitative estimate of drug-likeness (QED) is 0.439. The molecule has 8 nitrogen and oxygen atoms in total. The first kappa shape index (κ1) is 15.2. The lowest BCUT2D eigenvalue weighted by atomic mass is 9.88. The number of nitrogens with two attached hydrogens (primary N) is 1. The Kier molecular flexibility index (Phi) is 3.17. The summed E-state index contributed by atoms with van der Waals surface area (Å²) in [4.78, 5) is 21.9. The number of aromatic nitrogens is 5. The first-order chi connectivity index (χ1) is 12.6. The molecule has 4 aromatic rings. The van der Waals surface area contributed by atoms with E-state index in [1.807, 2.05) is 18.3 Å². The number of imidazole rings is 1. The molecule has 5 N–H and O–H groups in total. The van der Waals surface area contributed by atoms with Crippen LogP contribution in [0.1, 0.15) is 18.7 Å². The van der Waals surface area contributed by atoms with Crippen molar-refractivity contribution < 1.29 is 5.11 Å². The second-order valence-corrected chi connectivity index (χ2v) is 6.84. The molecule has 4 heterocycles. The number of nitrogens with one attached hydrogen (secondary N) is 2. The van der Waals surface area contributed by atoms with E-state index in [1.165, 1.54) is 0 Å². The first-order valence-corrected chi connectivity index (χ1v) is 8.64. The summed E-state index contributed by atoms with van der Waals surface area (Å²) in [7, 11) is 0. The summed E-state index contributed by atoms with van der Waals surface area (Å²) in [6, 6.07) is 7.32. The fourth-order valence-corrected chi connectivity index (χ4v) is 3.72. The lowest BCUT2D eigenvalue weighted by Gasteiger charge is -2.38. The molecule has 0 unspecified atom stereocenters. The average Bonchev–Trinajstić information content (AvgIpc) is 3.30. The van der Waals surface area contributed by atoms with E-state index in [2.05, 4.69) is 29.8 Å². The maximum absolute atomic E-state index is 9.99. The van der Waals surface area contributed by atoms with Gasteiger partial charge in [0, 0.05) is 19.3 Å². The van der Waals surface area contributed by atoms with Gasteiger partial charge in [-0.25, -0.2) is 15.0 Å². The topological polar surface area (TPSA) is 120 Å². The maximum atomic E-state index is 9.99. The van der Waals surface area contributed by atoms with E-state index >= 15 is 0 Å². The van der Waals surface area contributed by atoms with Gasteiger partial charge in [0.05, 0.1) is 16.4 Å². The van der Waals surface area contributed by atoms with Gasteiger partial charge >= 0.3 is 0 Å². The molecule has 0 saturated carbocycles. The molecule has 8 heteroatoms. The lowest BCUT2D eigenvalue weighted by Crippen LogP contribution is -2.49. The second-order valence-electron chi connectivity index (χ2n) is 6.84. The number of hydrogen-bond donors (Lipinski definition) is 4. The van der Waals surface area contributed by atoms with E-state index in [4.69, 9.17) is 5.73 Å². The molecule has 1 saturated heterocycles. The predicted octanol–water partition coefficient (Wildman–Crippen LogP) is 1.99. The minimum absolute atomic E-state index is 0.168. The zero-order valence-corrected chi connectivity index (χ0v) is 14.1. The van der Waals surface area contributed by atoms with Crippen LogP contribution in [-0.2, 0) is 5.54 Å². The summed E-state index contributed by atoms with van der Waals surface area (Å²) < 4.78 is 0. The van der Waals surface area contributed by atoms with Gasteiger partial charge in [0.1, 0.15) is 34.9 Å². The minimum Gasteiger partial charge on any atom is -0.506 e. The van der Waals surface area contributed by atoms with Crippen LogP contribution in [0.15, 0.2) is 36.8 Å². The minimum atomic E-state index is -0.549. The molecule has 1 aliphatic heterocycles. The van der Waals surface area contributed by atoms with Crippen LogP contribution in [0.5, 0.6) is 5.75 Å². The van der Waals surface area contributed by atoms with E-state index in [0.717, 1.165) is 54.1 Å². The van der Waals surface area contributed by atoms with Crippen molar-refractivity contribution in [2.75, 3.05) is 18.0 Å². The number of aromatic hydroxyl groups is 1. The summed E-state index contributed by atoms with van der Waals surface area (Å²) >= 11 is 0. The Morgan fingerprint density at radius 2 is 2.00 bits per heavy atom. The molecule has 0 atom stereocenters. The van der Waals surface area contributed by atoms with Crippen LogP contribution in [-0.4, -0.2) is 43.1 Å². The fraction of sp³-hybridized carbons (Fsp3) is 0.278. The molecule has 5 rings (SSSR count). The van der Waals surface area contributed by atoms with Crippen LogP contribution < -0.4 is 10.6 Å². The SMILES string of the molecule is NC1(c2nc3c(O)cccc3[nH]2)CCN(c2ncnc3[nH]ccc23)CC1. The van der Waals surface area contributed by atoms with Crippen molar-refractivity contribution in [2.24, 2.45) is 5.73 Å². The first-order valence-electron chi connectivity index (χ1n) is 8.64. The van der Waals surface area contributed by atoms with E-state index < -0.39 is 5.54 Å². The van der Waals surface area contributed by atoms with Crippen molar-refractivity contribution in [3.05, 3.63) is 42.6 Å². The molecule has 0 aliphatic carbocycles. The number of fused-ring (bicyclic) bond motifs is 2. The molecule has 1 fully saturated rings. The number of H-pyrrole nitrogens is 2. The molecule has 0 amide bonds. The summed E-state index contributed by atoms with van der Waals surface area (Å²) in [6.45, 7) is 1.55. The molecule has 0 spiro atoms. The summed E-state index contributed by atoms with van der Waals surface area (Å²) in [6.07, 6.45) is 4.94. The molecule has 3 aromatic heterocycles. The van der Waals surface area contributed by atoms with Gasteiger partial charge in [-0.15, -0.1) is 0 Å². The van der Waals surface area contributed by atoms with Gasteiger partial charge in [-0.2, -0.15) is 0 Å². The summed E-state index contributed by atoms with van der Waals surface area (Å²) in [5.74, 6) is 1.82. The van der Waals surface area contributed by atoms with Gasteiger partial charge in [-0.3, -0.25) is 0 Å². The number of benzene rings is 1. The number of nitrogens with zero attached hydrogens (tertiary/aromatic N) is 4. The van der Waals surface area contributed by atoms with Crippen LogP contribution in [0.3, 0.4) is 0 Å².